The number of ether oxygens (including phenoxy) is 2. The van der Waals surface area contributed by atoms with Crippen molar-refractivity contribution >= 4 is 0 Å². The van der Waals surface area contributed by atoms with E-state index in [0.717, 1.165) is 36.5 Å². The van der Waals surface area contributed by atoms with Crippen molar-refractivity contribution in [2.24, 2.45) is 5.92 Å². The van der Waals surface area contributed by atoms with Gasteiger partial charge in [-0.1, -0.05) is 12.1 Å². The van der Waals surface area contributed by atoms with Crippen molar-refractivity contribution in [2.45, 2.75) is 25.4 Å². The average Bonchev–Trinajstić information content (AvgIpc) is 2.94. The van der Waals surface area contributed by atoms with Crippen molar-refractivity contribution in [3.63, 3.8) is 0 Å². The summed E-state index contributed by atoms with van der Waals surface area (Å²) in [6.45, 7) is 4.49. The normalized spacial score (nSPS) is 26.3. The van der Waals surface area contributed by atoms with E-state index < -0.39 is 0 Å². The SMILES string of the molecule is COc1cccc(CN2CCC3NCCC3C2)c1OC. The first-order valence-electron chi connectivity index (χ1n) is 7.47. The van der Waals surface area contributed by atoms with E-state index in [1.807, 2.05) is 12.1 Å². The second-order valence-electron chi connectivity index (χ2n) is 5.79. The molecule has 110 valence electrons. The molecule has 2 aliphatic heterocycles. The molecule has 0 bridgehead atoms. The summed E-state index contributed by atoms with van der Waals surface area (Å²) in [6.07, 6.45) is 2.58. The Kier molecular flexibility index (Phi) is 4.13. The lowest BCUT2D eigenvalue weighted by Gasteiger charge is -2.35. The molecule has 0 saturated carbocycles. The number of benzene rings is 1. The average molecular weight is 276 g/mol. The van der Waals surface area contributed by atoms with Crippen LogP contribution in [0.4, 0.5) is 0 Å². The molecule has 0 aromatic heterocycles. The van der Waals surface area contributed by atoms with E-state index in [-0.39, 0.29) is 0 Å². The van der Waals surface area contributed by atoms with Gasteiger partial charge in [0.25, 0.3) is 0 Å². The van der Waals surface area contributed by atoms with Gasteiger partial charge in [-0.25, -0.2) is 0 Å². The van der Waals surface area contributed by atoms with Crippen LogP contribution in [-0.2, 0) is 6.54 Å². The molecular formula is C16H24N2O2. The Morgan fingerprint density at radius 3 is 2.95 bits per heavy atom. The van der Waals surface area contributed by atoms with Gasteiger partial charge in [-0.3, -0.25) is 4.90 Å². The first-order valence-corrected chi connectivity index (χ1v) is 7.47. The first kappa shape index (κ1) is 13.7. The molecule has 2 saturated heterocycles. The number of para-hydroxylation sites is 1. The van der Waals surface area contributed by atoms with Crippen molar-refractivity contribution in [1.29, 1.82) is 0 Å². The fraction of sp³-hybridized carbons (Fsp3) is 0.625. The van der Waals surface area contributed by atoms with Gasteiger partial charge in [-0.2, -0.15) is 0 Å². The maximum absolute atomic E-state index is 5.53. The van der Waals surface area contributed by atoms with Crippen molar-refractivity contribution < 1.29 is 9.47 Å². The molecule has 2 heterocycles. The third-order valence-corrected chi connectivity index (χ3v) is 4.62. The van der Waals surface area contributed by atoms with Crippen LogP contribution in [0.1, 0.15) is 18.4 Å². The van der Waals surface area contributed by atoms with Gasteiger partial charge < -0.3 is 14.8 Å². The van der Waals surface area contributed by atoms with Gasteiger partial charge in [0.1, 0.15) is 0 Å². The Morgan fingerprint density at radius 1 is 1.25 bits per heavy atom. The van der Waals surface area contributed by atoms with Crippen LogP contribution >= 0.6 is 0 Å². The van der Waals surface area contributed by atoms with E-state index in [9.17, 15) is 0 Å². The molecule has 2 atom stereocenters. The van der Waals surface area contributed by atoms with Crippen LogP contribution in [0.2, 0.25) is 0 Å². The molecule has 2 fully saturated rings. The van der Waals surface area contributed by atoms with Gasteiger partial charge in [-0.05, 0) is 37.9 Å². The number of nitrogens with one attached hydrogen (secondary N) is 1. The molecule has 1 aromatic rings. The highest BCUT2D eigenvalue weighted by Crippen LogP contribution is 2.33. The summed E-state index contributed by atoms with van der Waals surface area (Å²) >= 11 is 0. The lowest BCUT2D eigenvalue weighted by Crippen LogP contribution is -2.43. The predicted octanol–water partition coefficient (Wildman–Crippen LogP) is 1.89. The van der Waals surface area contributed by atoms with Crippen LogP contribution in [0.25, 0.3) is 0 Å². The molecule has 0 spiro atoms. The zero-order chi connectivity index (χ0) is 13.9. The summed E-state index contributed by atoms with van der Waals surface area (Å²) in [4.78, 5) is 2.55. The molecule has 0 amide bonds. The zero-order valence-electron chi connectivity index (χ0n) is 12.4. The highest BCUT2D eigenvalue weighted by atomic mass is 16.5. The number of nitrogens with zero attached hydrogens (tertiary/aromatic N) is 1. The molecule has 3 rings (SSSR count). The summed E-state index contributed by atoms with van der Waals surface area (Å²) in [5.74, 6) is 2.52. The summed E-state index contributed by atoms with van der Waals surface area (Å²) in [6, 6.07) is 6.88. The Balaban J connectivity index is 1.71. The van der Waals surface area contributed by atoms with Gasteiger partial charge in [0, 0.05) is 24.7 Å². The second kappa shape index (κ2) is 6.02. The largest absolute Gasteiger partial charge is 0.493 e. The molecule has 2 aliphatic rings. The molecule has 1 N–H and O–H groups in total. The van der Waals surface area contributed by atoms with Crippen LogP contribution < -0.4 is 14.8 Å². The van der Waals surface area contributed by atoms with E-state index in [1.54, 1.807) is 14.2 Å². The second-order valence-corrected chi connectivity index (χ2v) is 5.79. The molecule has 4 nitrogen and oxygen atoms in total. The standard InChI is InChI=1S/C16H24N2O2/c1-19-15-5-3-4-13(16(15)20-2)11-18-9-7-14-12(10-18)6-8-17-14/h3-5,12,14,17H,6-11H2,1-2H3. The number of fused-ring (bicyclic) bond motifs is 1. The van der Waals surface area contributed by atoms with Gasteiger partial charge >= 0.3 is 0 Å². The van der Waals surface area contributed by atoms with E-state index in [2.05, 4.69) is 16.3 Å². The third kappa shape index (κ3) is 2.63. The topological polar surface area (TPSA) is 33.7 Å². The first-order chi connectivity index (χ1) is 9.81. The number of likely N-dealkylation sites (tertiary alicyclic amines) is 1. The van der Waals surface area contributed by atoms with Crippen molar-refractivity contribution in [3.05, 3.63) is 23.8 Å². The third-order valence-electron chi connectivity index (χ3n) is 4.62. The van der Waals surface area contributed by atoms with Crippen molar-refractivity contribution in [3.8, 4) is 11.5 Å². The maximum atomic E-state index is 5.53. The minimum atomic E-state index is 0.749. The van der Waals surface area contributed by atoms with Crippen molar-refractivity contribution in [2.75, 3.05) is 33.9 Å². The lowest BCUT2D eigenvalue weighted by atomic mass is 9.93. The molecule has 20 heavy (non-hydrogen) atoms. The molecular weight excluding hydrogens is 252 g/mol. The van der Waals surface area contributed by atoms with E-state index >= 15 is 0 Å². The Morgan fingerprint density at radius 2 is 2.15 bits per heavy atom. The monoisotopic (exact) mass is 276 g/mol. The Bertz CT molecular complexity index is 464. The maximum Gasteiger partial charge on any atom is 0.165 e. The minimum absolute atomic E-state index is 0.749. The van der Waals surface area contributed by atoms with Gasteiger partial charge in [0.2, 0.25) is 0 Å². The van der Waals surface area contributed by atoms with Crippen LogP contribution in [0.5, 0.6) is 11.5 Å². The Labute approximate surface area is 121 Å². The van der Waals surface area contributed by atoms with Gasteiger partial charge in [0.15, 0.2) is 11.5 Å². The number of rotatable bonds is 4. The highest BCUT2D eigenvalue weighted by molar-refractivity contribution is 5.46. The minimum Gasteiger partial charge on any atom is -0.493 e. The summed E-state index contributed by atoms with van der Waals surface area (Å²) in [5, 5.41) is 3.61. The molecule has 1 aromatic carbocycles. The van der Waals surface area contributed by atoms with Crippen molar-refractivity contribution in [1.82, 2.24) is 10.2 Å². The van der Waals surface area contributed by atoms with E-state index in [4.69, 9.17) is 9.47 Å². The summed E-state index contributed by atoms with van der Waals surface area (Å²) in [5.41, 5.74) is 1.22. The molecule has 0 radical (unpaired) electrons. The summed E-state index contributed by atoms with van der Waals surface area (Å²) < 4.78 is 10.9. The fourth-order valence-corrected chi connectivity index (χ4v) is 3.59. The smallest absolute Gasteiger partial charge is 0.165 e. The quantitative estimate of drug-likeness (QED) is 0.910. The zero-order valence-corrected chi connectivity index (χ0v) is 12.4. The predicted molar refractivity (Wildman–Crippen MR) is 79.3 cm³/mol. The number of methoxy groups -OCH3 is 2. The van der Waals surface area contributed by atoms with Crippen LogP contribution in [-0.4, -0.2) is 44.8 Å². The van der Waals surface area contributed by atoms with Gasteiger partial charge in [0.05, 0.1) is 14.2 Å². The molecule has 2 unspecified atom stereocenters. The van der Waals surface area contributed by atoms with Crippen LogP contribution in [0.15, 0.2) is 18.2 Å². The number of piperidine rings is 1. The lowest BCUT2D eigenvalue weighted by molar-refractivity contribution is 0.154. The summed E-state index contributed by atoms with van der Waals surface area (Å²) in [7, 11) is 3.41. The van der Waals surface area contributed by atoms with Gasteiger partial charge in [-0.15, -0.1) is 0 Å². The number of hydrogen-bond acceptors (Lipinski definition) is 4. The van der Waals surface area contributed by atoms with Crippen LogP contribution in [0, 0.1) is 5.92 Å². The van der Waals surface area contributed by atoms with Crippen LogP contribution in [0.3, 0.4) is 0 Å². The van der Waals surface area contributed by atoms with E-state index in [1.165, 1.54) is 31.5 Å². The Hall–Kier alpha value is -1.26. The highest BCUT2D eigenvalue weighted by Gasteiger charge is 2.32. The number of hydrogen-bond donors (Lipinski definition) is 1. The van der Waals surface area contributed by atoms with E-state index in [0.29, 0.717) is 0 Å². The molecule has 4 heteroatoms. The fourth-order valence-electron chi connectivity index (χ4n) is 3.59. The molecule has 0 aliphatic carbocycles.